The number of hydrazine groups is 1. The van der Waals surface area contributed by atoms with Crippen molar-refractivity contribution in [1.82, 2.24) is 5.43 Å². The molecule has 16 heavy (non-hydrogen) atoms. The molecule has 0 heterocycles. The first-order chi connectivity index (χ1) is 7.80. The summed E-state index contributed by atoms with van der Waals surface area (Å²) in [5.41, 5.74) is 3.07. The number of nitrogens with two attached hydrogens (primary N) is 1. The van der Waals surface area contributed by atoms with E-state index in [-0.39, 0.29) is 5.60 Å². The third-order valence-corrected chi connectivity index (χ3v) is 4.74. The third kappa shape index (κ3) is 2.41. The summed E-state index contributed by atoms with van der Waals surface area (Å²) < 4.78 is 5.73. The molecule has 2 aliphatic carbocycles. The van der Waals surface area contributed by atoms with Crippen LogP contribution in [-0.4, -0.2) is 18.8 Å². The molecule has 2 fully saturated rings. The van der Waals surface area contributed by atoms with Gasteiger partial charge in [0.05, 0.1) is 11.6 Å². The van der Waals surface area contributed by atoms with Crippen LogP contribution in [0.25, 0.3) is 0 Å². The highest BCUT2D eigenvalue weighted by Gasteiger charge is 2.44. The van der Waals surface area contributed by atoms with Crippen LogP contribution in [0.4, 0.5) is 0 Å². The molecular weight excluding hydrogens is 200 g/mol. The summed E-state index contributed by atoms with van der Waals surface area (Å²) in [6.07, 6.45) is 11.8. The van der Waals surface area contributed by atoms with Gasteiger partial charge in [0.15, 0.2) is 0 Å². The van der Waals surface area contributed by atoms with Crippen molar-refractivity contribution < 1.29 is 4.74 Å². The fraction of sp³-hybridized carbons (Fsp3) is 1.00. The molecule has 1 atom stereocenters. The minimum Gasteiger partial charge on any atom is -0.377 e. The van der Waals surface area contributed by atoms with E-state index in [1.54, 1.807) is 0 Å². The van der Waals surface area contributed by atoms with E-state index in [0.29, 0.717) is 6.04 Å². The van der Waals surface area contributed by atoms with Gasteiger partial charge in [-0.15, -0.1) is 0 Å². The summed E-state index contributed by atoms with van der Waals surface area (Å²) in [4.78, 5) is 0. The maximum absolute atomic E-state index is 5.73. The zero-order valence-corrected chi connectivity index (χ0v) is 10.5. The molecular formula is C13H26N2O. The van der Waals surface area contributed by atoms with E-state index in [1.165, 1.54) is 57.8 Å². The van der Waals surface area contributed by atoms with Gasteiger partial charge >= 0.3 is 0 Å². The molecule has 0 saturated heterocycles. The second-order valence-electron chi connectivity index (χ2n) is 5.58. The zero-order chi connectivity index (χ0) is 11.4. The normalized spacial score (nSPS) is 27.4. The highest BCUT2D eigenvalue weighted by atomic mass is 16.5. The van der Waals surface area contributed by atoms with E-state index in [0.717, 1.165) is 5.92 Å². The first kappa shape index (κ1) is 12.3. The molecule has 0 aromatic carbocycles. The van der Waals surface area contributed by atoms with Gasteiger partial charge in [0.25, 0.3) is 0 Å². The second-order valence-corrected chi connectivity index (χ2v) is 5.58. The van der Waals surface area contributed by atoms with E-state index < -0.39 is 0 Å². The molecule has 0 bridgehead atoms. The van der Waals surface area contributed by atoms with Crippen molar-refractivity contribution in [3.05, 3.63) is 0 Å². The highest BCUT2D eigenvalue weighted by Crippen LogP contribution is 2.41. The molecule has 0 aromatic rings. The number of rotatable bonds is 5. The first-order valence-electron chi connectivity index (χ1n) is 6.82. The van der Waals surface area contributed by atoms with Crippen molar-refractivity contribution in [3.63, 3.8) is 0 Å². The van der Waals surface area contributed by atoms with E-state index in [9.17, 15) is 0 Å². The summed E-state index contributed by atoms with van der Waals surface area (Å²) >= 11 is 0. The molecule has 3 N–H and O–H groups in total. The van der Waals surface area contributed by atoms with Gasteiger partial charge in [0, 0.05) is 7.11 Å². The van der Waals surface area contributed by atoms with Gasteiger partial charge in [-0.1, -0.05) is 32.1 Å². The molecule has 0 aliphatic heterocycles. The lowest BCUT2D eigenvalue weighted by Crippen LogP contribution is -2.59. The van der Waals surface area contributed by atoms with Crippen LogP contribution in [0.2, 0.25) is 0 Å². The summed E-state index contributed by atoms with van der Waals surface area (Å²) in [6.45, 7) is 0. The van der Waals surface area contributed by atoms with Crippen molar-refractivity contribution in [2.45, 2.75) is 69.4 Å². The molecule has 2 aliphatic rings. The Morgan fingerprint density at radius 2 is 1.94 bits per heavy atom. The van der Waals surface area contributed by atoms with E-state index >= 15 is 0 Å². The smallest absolute Gasteiger partial charge is 0.0844 e. The van der Waals surface area contributed by atoms with Crippen LogP contribution < -0.4 is 11.3 Å². The molecule has 2 rings (SSSR count). The Morgan fingerprint density at radius 3 is 2.38 bits per heavy atom. The van der Waals surface area contributed by atoms with Crippen LogP contribution in [0.5, 0.6) is 0 Å². The Morgan fingerprint density at radius 1 is 1.25 bits per heavy atom. The molecule has 2 saturated carbocycles. The predicted molar refractivity (Wildman–Crippen MR) is 65.9 cm³/mol. The van der Waals surface area contributed by atoms with Gasteiger partial charge in [-0.3, -0.25) is 11.3 Å². The van der Waals surface area contributed by atoms with E-state index in [4.69, 9.17) is 10.6 Å². The topological polar surface area (TPSA) is 47.3 Å². The number of methoxy groups -OCH3 is 1. The van der Waals surface area contributed by atoms with E-state index in [1.807, 2.05) is 7.11 Å². The number of ether oxygens (including phenoxy) is 1. The summed E-state index contributed by atoms with van der Waals surface area (Å²) in [5.74, 6) is 6.59. The minimum atomic E-state index is 0.0478. The Hall–Kier alpha value is -0.120. The molecule has 0 aromatic heterocycles. The van der Waals surface area contributed by atoms with E-state index in [2.05, 4.69) is 5.43 Å². The minimum absolute atomic E-state index is 0.0478. The molecule has 3 nitrogen and oxygen atoms in total. The van der Waals surface area contributed by atoms with Crippen molar-refractivity contribution in [2.75, 3.05) is 7.11 Å². The molecule has 3 heteroatoms. The standard InChI is InChI=1S/C13H26N2O/c1-16-13(8-5-9-13)12(15-14)10-11-6-3-2-4-7-11/h11-12,15H,2-10,14H2,1H3. The van der Waals surface area contributed by atoms with Crippen LogP contribution in [0.15, 0.2) is 0 Å². The SMILES string of the molecule is COC1(C(CC2CCCCC2)NN)CCC1. The van der Waals surface area contributed by atoms with Gasteiger partial charge in [0.2, 0.25) is 0 Å². The quantitative estimate of drug-likeness (QED) is 0.559. The van der Waals surface area contributed by atoms with Gasteiger partial charge in [-0.25, -0.2) is 0 Å². The van der Waals surface area contributed by atoms with Crippen molar-refractivity contribution >= 4 is 0 Å². The van der Waals surface area contributed by atoms with Crippen LogP contribution in [-0.2, 0) is 4.74 Å². The monoisotopic (exact) mass is 226 g/mol. The lowest BCUT2D eigenvalue weighted by atomic mass is 9.70. The Balaban J connectivity index is 1.88. The van der Waals surface area contributed by atoms with Crippen LogP contribution in [0, 0.1) is 5.92 Å². The molecule has 0 amide bonds. The average molecular weight is 226 g/mol. The van der Waals surface area contributed by atoms with Gasteiger partial charge in [0.1, 0.15) is 0 Å². The van der Waals surface area contributed by atoms with Crippen LogP contribution in [0.3, 0.4) is 0 Å². The Kier molecular flexibility index (Phi) is 4.22. The second kappa shape index (κ2) is 5.48. The zero-order valence-electron chi connectivity index (χ0n) is 10.5. The lowest BCUT2D eigenvalue weighted by molar-refractivity contribution is -0.104. The Bertz CT molecular complexity index is 204. The van der Waals surface area contributed by atoms with Gasteiger partial charge < -0.3 is 4.74 Å². The predicted octanol–water partition coefficient (Wildman–Crippen LogP) is 2.36. The molecule has 94 valence electrons. The summed E-state index contributed by atoms with van der Waals surface area (Å²) in [6, 6.07) is 0.356. The highest BCUT2D eigenvalue weighted by molar-refractivity contribution is 4.99. The first-order valence-corrected chi connectivity index (χ1v) is 6.82. The molecule has 0 spiro atoms. The molecule has 0 radical (unpaired) electrons. The molecule has 1 unspecified atom stereocenters. The van der Waals surface area contributed by atoms with Crippen molar-refractivity contribution in [3.8, 4) is 0 Å². The number of hydrogen-bond donors (Lipinski definition) is 2. The Labute approximate surface area is 99.1 Å². The largest absolute Gasteiger partial charge is 0.377 e. The van der Waals surface area contributed by atoms with Crippen LogP contribution in [0.1, 0.15) is 57.8 Å². The fourth-order valence-electron chi connectivity index (χ4n) is 3.41. The van der Waals surface area contributed by atoms with Gasteiger partial charge in [-0.05, 0) is 31.6 Å². The maximum Gasteiger partial charge on any atom is 0.0844 e. The van der Waals surface area contributed by atoms with Crippen molar-refractivity contribution in [1.29, 1.82) is 0 Å². The fourth-order valence-corrected chi connectivity index (χ4v) is 3.41. The summed E-state index contributed by atoms with van der Waals surface area (Å²) in [7, 11) is 1.84. The van der Waals surface area contributed by atoms with Crippen molar-refractivity contribution in [2.24, 2.45) is 11.8 Å². The lowest BCUT2D eigenvalue weighted by Gasteiger charge is -2.47. The van der Waals surface area contributed by atoms with Crippen LogP contribution >= 0.6 is 0 Å². The summed E-state index contributed by atoms with van der Waals surface area (Å²) in [5, 5.41) is 0. The van der Waals surface area contributed by atoms with Gasteiger partial charge in [-0.2, -0.15) is 0 Å². The maximum atomic E-state index is 5.73. The average Bonchev–Trinajstić information content (AvgIpc) is 2.28. The number of nitrogens with one attached hydrogen (secondary N) is 1. The third-order valence-electron chi connectivity index (χ3n) is 4.74. The number of hydrogen-bond acceptors (Lipinski definition) is 3.